The molecule has 5 heteroatoms. The largest absolute Gasteiger partial charge is 0.461 e. The molecule has 0 aliphatic carbocycles. The van der Waals surface area contributed by atoms with Crippen LogP contribution in [0.15, 0.2) is 18.2 Å². The Labute approximate surface area is 144 Å². The van der Waals surface area contributed by atoms with Gasteiger partial charge < -0.3 is 9.47 Å². The van der Waals surface area contributed by atoms with Gasteiger partial charge in [-0.15, -0.1) is 0 Å². The molecule has 0 aliphatic heterocycles. The average molecular weight is 335 g/mol. The summed E-state index contributed by atoms with van der Waals surface area (Å²) in [4.78, 5) is 28.1. The average Bonchev–Trinajstić information content (AvgIpc) is 2.59. The van der Waals surface area contributed by atoms with Gasteiger partial charge in [0.1, 0.15) is 11.4 Å². The highest BCUT2D eigenvalue weighted by atomic mass is 16.5. The lowest BCUT2D eigenvalue weighted by Crippen LogP contribution is -2.17. The van der Waals surface area contributed by atoms with Crippen LogP contribution in [0.25, 0.3) is 0 Å². The topological polar surface area (TPSA) is 65.5 Å². The van der Waals surface area contributed by atoms with Gasteiger partial charge >= 0.3 is 11.9 Å². The summed E-state index contributed by atoms with van der Waals surface area (Å²) in [5, 5.41) is 0. The van der Waals surface area contributed by atoms with Crippen LogP contribution in [-0.2, 0) is 9.47 Å². The molecule has 134 valence electrons. The summed E-state index contributed by atoms with van der Waals surface area (Å²) in [6.45, 7) is 6.43. The molecule has 0 fully saturated rings. The number of rotatable bonds is 11. The Kier molecular flexibility index (Phi) is 9.73. The summed E-state index contributed by atoms with van der Waals surface area (Å²) in [5.41, 5.74) is 0.275. The van der Waals surface area contributed by atoms with Crippen LogP contribution in [0.1, 0.15) is 86.7 Å². The molecule has 1 aromatic heterocycles. The summed E-state index contributed by atoms with van der Waals surface area (Å²) < 4.78 is 10.5. The molecule has 24 heavy (non-hydrogen) atoms. The molecule has 1 unspecified atom stereocenters. The fourth-order valence-corrected chi connectivity index (χ4v) is 2.21. The molecule has 0 radical (unpaired) electrons. The van der Waals surface area contributed by atoms with Crippen LogP contribution < -0.4 is 0 Å². The Hall–Kier alpha value is -1.91. The number of ether oxygens (including phenoxy) is 2. The molecule has 0 amide bonds. The molecule has 0 N–H and O–H groups in total. The number of aromatic nitrogens is 1. The zero-order valence-electron chi connectivity index (χ0n) is 15.0. The second-order valence-electron chi connectivity index (χ2n) is 5.96. The van der Waals surface area contributed by atoms with Gasteiger partial charge in [0.15, 0.2) is 0 Å². The van der Waals surface area contributed by atoms with Crippen molar-refractivity contribution >= 4 is 11.9 Å². The first-order valence-corrected chi connectivity index (χ1v) is 8.93. The lowest BCUT2D eigenvalue weighted by Gasteiger charge is -2.13. The third-order valence-electron chi connectivity index (χ3n) is 3.67. The van der Waals surface area contributed by atoms with E-state index >= 15 is 0 Å². The van der Waals surface area contributed by atoms with E-state index in [1.165, 1.54) is 12.8 Å². The SMILES string of the molecule is CCCCCCC(C)OC(=O)c1cccc(C(=O)OCCCC)n1. The van der Waals surface area contributed by atoms with Crippen molar-refractivity contribution in [3.63, 3.8) is 0 Å². The molecule has 1 aromatic rings. The lowest BCUT2D eigenvalue weighted by atomic mass is 10.1. The molecule has 0 aromatic carbocycles. The Morgan fingerprint density at radius 3 is 2.33 bits per heavy atom. The number of carbonyl (C=O) groups excluding carboxylic acids is 2. The van der Waals surface area contributed by atoms with Gasteiger partial charge in [-0.2, -0.15) is 0 Å². The monoisotopic (exact) mass is 335 g/mol. The molecule has 0 spiro atoms. The van der Waals surface area contributed by atoms with Gasteiger partial charge in [0.25, 0.3) is 0 Å². The predicted octanol–water partition coefficient (Wildman–Crippen LogP) is 4.55. The lowest BCUT2D eigenvalue weighted by molar-refractivity contribution is 0.0312. The van der Waals surface area contributed by atoms with E-state index in [0.717, 1.165) is 32.1 Å². The maximum Gasteiger partial charge on any atom is 0.357 e. The number of hydrogen-bond acceptors (Lipinski definition) is 5. The predicted molar refractivity (Wildman–Crippen MR) is 93.1 cm³/mol. The smallest absolute Gasteiger partial charge is 0.357 e. The minimum atomic E-state index is -0.509. The molecular weight excluding hydrogens is 306 g/mol. The van der Waals surface area contributed by atoms with Crippen molar-refractivity contribution in [1.29, 1.82) is 0 Å². The Morgan fingerprint density at radius 1 is 1.00 bits per heavy atom. The van der Waals surface area contributed by atoms with E-state index in [4.69, 9.17) is 9.47 Å². The van der Waals surface area contributed by atoms with E-state index in [2.05, 4.69) is 11.9 Å². The maximum absolute atomic E-state index is 12.1. The van der Waals surface area contributed by atoms with Gasteiger partial charge in [0.05, 0.1) is 12.7 Å². The van der Waals surface area contributed by atoms with Gasteiger partial charge in [0, 0.05) is 0 Å². The summed E-state index contributed by atoms with van der Waals surface area (Å²) in [5.74, 6) is -1.01. The van der Waals surface area contributed by atoms with E-state index in [9.17, 15) is 9.59 Å². The van der Waals surface area contributed by atoms with E-state index < -0.39 is 11.9 Å². The molecule has 0 saturated heterocycles. The van der Waals surface area contributed by atoms with E-state index in [-0.39, 0.29) is 17.5 Å². The van der Waals surface area contributed by atoms with Crippen molar-refractivity contribution in [1.82, 2.24) is 4.98 Å². The minimum absolute atomic E-state index is 0.135. The Balaban J connectivity index is 2.52. The molecule has 1 heterocycles. The first kappa shape index (κ1) is 20.1. The number of esters is 2. The summed E-state index contributed by atoms with van der Waals surface area (Å²) in [6.07, 6.45) is 7.01. The quantitative estimate of drug-likeness (QED) is 0.438. The number of hydrogen-bond donors (Lipinski definition) is 0. The molecule has 1 rings (SSSR count). The van der Waals surface area contributed by atoms with Crippen LogP contribution in [0, 0.1) is 0 Å². The van der Waals surface area contributed by atoms with E-state index in [0.29, 0.717) is 6.61 Å². The van der Waals surface area contributed by atoms with Gasteiger partial charge in [-0.25, -0.2) is 14.6 Å². The molecule has 0 saturated carbocycles. The fraction of sp³-hybridized carbons (Fsp3) is 0.632. The van der Waals surface area contributed by atoms with Gasteiger partial charge in [-0.1, -0.05) is 45.6 Å². The van der Waals surface area contributed by atoms with Crippen molar-refractivity contribution in [3.05, 3.63) is 29.6 Å². The van der Waals surface area contributed by atoms with Crippen molar-refractivity contribution < 1.29 is 19.1 Å². The number of nitrogens with zero attached hydrogens (tertiary/aromatic N) is 1. The van der Waals surface area contributed by atoms with Gasteiger partial charge in [-0.3, -0.25) is 0 Å². The van der Waals surface area contributed by atoms with Crippen molar-refractivity contribution in [2.24, 2.45) is 0 Å². The van der Waals surface area contributed by atoms with Crippen LogP contribution in [0.5, 0.6) is 0 Å². The normalized spacial score (nSPS) is 11.8. The highest BCUT2D eigenvalue weighted by Crippen LogP contribution is 2.11. The van der Waals surface area contributed by atoms with Crippen LogP contribution >= 0.6 is 0 Å². The van der Waals surface area contributed by atoms with Crippen molar-refractivity contribution in [3.8, 4) is 0 Å². The van der Waals surface area contributed by atoms with Crippen molar-refractivity contribution in [2.75, 3.05) is 6.61 Å². The minimum Gasteiger partial charge on any atom is -0.461 e. The first-order chi connectivity index (χ1) is 11.6. The number of carbonyl (C=O) groups is 2. The summed E-state index contributed by atoms with van der Waals surface area (Å²) >= 11 is 0. The molecule has 5 nitrogen and oxygen atoms in total. The number of pyridine rings is 1. The second-order valence-corrected chi connectivity index (χ2v) is 5.96. The molecule has 0 bridgehead atoms. The molecule has 1 atom stereocenters. The van der Waals surface area contributed by atoms with Crippen LogP contribution in [0.3, 0.4) is 0 Å². The van der Waals surface area contributed by atoms with Crippen LogP contribution in [-0.4, -0.2) is 29.6 Å². The van der Waals surface area contributed by atoms with E-state index in [1.54, 1.807) is 18.2 Å². The summed E-state index contributed by atoms with van der Waals surface area (Å²) in [6, 6.07) is 4.71. The maximum atomic E-state index is 12.1. The third-order valence-corrected chi connectivity index (χ3v) is 3.67. The highest BCUT2D eigenvalue weighted by Gasteiger charge is 2.16. The van der Waals surface area contributed by atoms with Crippen molar-refractivity contribution in [2.45, 2.75) is 71.8 Å². The second kappa shape index (κ2) is 11.6. The van der Waals surface area contributed by atoms with E-state index in [1.807, 2.05) is 13.8 Å². The summed E-state index contributed by atoms with van der Waals surface area (Å²) in [7, 11) is 0. The highest BCUT2D eigenvalue weighted by molar-refractivity contribution is 5.91. The first-order valence-electron chi connectivity index (χ1n) is 8.93. The third kappa shape index (κ3) is 7.57. The number of unbranched alkanes of at least 4 members (excludes halogenated alkanes) is 4. The van der Waals surface area contributed by atoms with Crippen LogP contribution in [0.2, 0.25) is 0 Å². The molecule has 0 aliphatic rings. The Bertz CT molecular complexity index is 516. The fourth-order valence-electron chi connectivity index (χ4n) is 2.21. The standard InChI is InChI=1S/C19H29NO4/c1-4-6-8-9-11-15(3)24-19(22)17-13-10-12-16(20-17)18(21)23-14-7-5-2/h10,12-13,15H,4-9,11,14H2,1-3H3. The van der Waals surface area contributed by atoms with Gasteiger partial charge in [-0.05, 0) is 38.3 Å². The Morgan fingerprint density at radius 2 is 1.67 bits per heavy atom. The zero-order valence-corrected chi connectivity index (χ0v) is 15.0. The molecular formula is C19H29NO4. The zero-order chi connectivity index (χ0) is 17.8. The van der Waals surface area contributed by atoms with Gasteiger partial charge in [0.2, 0.25) is 0 Å². The van der Waals surface area contributed by atoms with Crippen LogP contribution in [0.4, 0.5) is 0 Å².